The van der Waals surface area contributed by atoms with Crippen molar-refractivity contribution in [1.82, 2.24) is 25.2 Å². The highest BCUT2D eigenvalue weighted by Crippen LogP contribution is 2.28. The summed E-state index contributed by atoms with van der Waals surface area (Å²) in [4.78, 5) is 30.8. The molecule has 3 aromatic heterocycles. The number of carbonyl (C=O) groups is 1. The Kier molecular flexibility index (Phi) is 7.84. The van der Waals surface area contributed by atoms with Gasteiger partial charge in [0.2, 0.25) is 15.3 Å². The number of pyridine rings is 3. The number of ether oxygens (including phenoxy) is 1. The largest absolute Gasteiger partial charge is 0.372 e. The molecule has 1 saturated heterocycles. The molecule has 224 valence electrons. The molecule has 2 aliphatic heterocycles. The van der Waals surface area contributed by atoms with Crippen LogP contribution < -0.4 is 10.2 Å². The monoisotopic (exact) mass is 604 g/mol. The summed E-state index contributed by atoms with van der Waals surface area (Å²) < 4.78 is 45.8. The van der Waals surface area contributed by atoms with E-state index in [1.807, 2.05) is 30.3 Å². The first-order valence-electron chi connectivity index (χ1n) is 14.2. The standard InChI is InChI=1S/C31H33FN6O4S/c1-19-15-38(16-20(2)42-19)30-6-4-5-25(36-30)26-10-9-22-13-33-24(12-27(22)35-26)14-34-31(39)21-7-8-23-17-37(3)18-29(32)43(40,41)28(23)11-21/h4-13,19-20,29H,14-18H2,1-3H3,(H,34,39)/t19-,20+,29-/m0/s1. The molecule has 1 aromatic carbocycles. The third kappa shape index (κ3) is 6.08. The molecular formula is C31H33FN6O4S. The molecule has 6 rings (SSSR count). The van der Waals surface area contributed by atoms with Crippen LogP contribution >= 0.6 is 0 Å². The molecule has 0 spiro atoms. The third-order valence-corrected chi connectivity index (χ3v) is 9.48. The van der Waals surface area contributed by atoms with Crippen molar-refractivity contribution in [3.05, 3.63) is 77.6 Å². The van der Waals surface area contributed by atoms with Gasteiger partial charge in [-0.2, -0.15) is 0 Å². The Labute approximate surface area is 249 Å². The van der Waals surface area contributed by atoms with Gasteiger partial charge in [0.15, 0.2) is 0 Å². The van der Waals surface area contributed by atoms with E-state index in [9.17, 15) is 17.6 Å². The van der Waals surface area contributed by atoms with E-state index >= 15 is 0 Å². The summed E-state index contributed by atoms with van der Waals surface area (Å²) in [5.74, 6) is 0.390. The summed E-state index contributed by atoms with van der Waals surface area (Å²) in [5.41, 5.74) is 1.29. The molecule has 0 unspecified atom stereocenters. The fourth-order valence-electron chi connectivity index (χ4n) is 5.60. The first kappa shape index (κ1) is 29.1. The Morgan fingerprint density at radius 3 is 2.58 bits per heavy atom. The van der Waals surface area contributed by atoms with E-state index in [2.05, 4.69) is 29.0 Å². The minimum absolute atomic E-state index is 0.0973. The van der Waals surface area contributed by atoms with Crippen molar-refractivity contribution in [2.24, 2.45) is 0 Å². The predicted octanol–water partition coefficient (Wildman–Crippen LogP) is 3.75. The van der Waals surface area contributed by atoms with Crippen molar-refractivity contribution < 1.29 is 22.3 Å². The van der Waals surface area contributed by atoms with Crippen LogP contribution in [-0.2, 0) is 27.7 Å². The van der Waals surface area contributed by atoms with Gasteiger partial charge in [0.25, 0.3) is 5.91 Å². The number of carbonyl (C=O) groups excluding carboxylic acids is 1. The summed E-state index contributed by atoms with van der Waals surface area (Å²) in [6.45, 7) is 5.80. The van der Waals surface area contributed by atoms with Crippen molar-refractivity contribution >= 4 is 32.5 Å². The molecule has 0 bridgehead atoms. The van der Waals surface area contributed by atoms with E-state index in [1.165, 1.54) is 6.07 Å². The van der Waals surface area contributed by atoms with Crippen LogP contribution in [-0.4, -0.2) is 78.6 Å². The van der Waals surface area contributed by atoms with Crippen LogP contribution in [0.4, 0.5) is 10.2 Å². The van der Waals surface area contributed by atoms with Gasteiger partial charge in [-0.25, -0.2) is 22.8 Å². The van der Waals surface area contributed by atoms with Gasteiger partial charge in [-0.3, -0.25) is 14.7 Å². The fourth-order valence-corrected chi connectivity index (χ4v) is 7.12. The fraction of sp³-hybridized carbons (Fsp3) is 0.355. The van der Waals surface area contributed by atoms with Crippen LogP contribution in [0.1, 0.15) is 35.5 Å². The molecule has 1 N–H and O–H groups in total. The highest BCUT2D eigenvalue weighted by molar-refractivity contribution is 7.92. The third-order valence-electron chi connectivity index (χ3n) is 7.67. The Morgan fingerprint density at radius 2 is 1.79 bits per heavy atom. The second-order valence-electron chi connectivity index (χ2n) is 11.3. The van der Waals surface area contributed by atoms with Gasteiger partial charge >= 0.3 is 0 Å². The molecule has 10 nitrogen and oxygen atoms in total. The maximum atomic E-state index is 14.5. The zero-order valence-electron chi connectivity index (χ0n) is 24.2. The number of hydrogen-bond acceptors (Lipinski definition) is 9. The quantitative estimate of drug-likeness (QED) is 0.364. The van der Waals surface area contributed by atoms with Crippen LogP contribution in [0, 0.1) is 0 Å². The summed E-state index contributed by atoms with van der Waals surface area (Å²) >= 11 is 0. The first-order chi connectivity index (χ1) is 20.6. The molecule has 3 atom stereocenters. The molecule has 43 heavy (non-hydrogen) atoms. The van der Waals surface area contributed by atoms with Crippen molar-refractivity contribution in [3.63, 3.8) is 0 Å². The summed E-state index contributed by atoms with van der Waals surface area (Å²) in [6.07, 6.45) is 1.93. The van der Waals surface area contributed by atoms with Crippen molar-refractivity contribution in [1.29, 1.82) is 0 Å². The Hall–Kier alpha value is -4.00. The van der Waals surface area contributed by atoms with E-state index in [4.69, 9.17) is 14.7 Å². The van der Waals surface area contributed by atoms with E-state index in [-0.39, 0.29) is 42.3 Å². The number of nitrogens with one attached hydrogen (secondary N) is 1. The van der Waals surface area contributed by atoms with Crippen LogP contribution in [0.2, 0.25) is 0 Å². The first-order valence-corrected chi connectivity index (χ1v) is 15.7. The van der Waals surface area contributed by atoms with E-state index < -0.39 is 21.2 Å². The molecule has 1 amide bonds. The maximum Gasteiger partial charge on any atom is 0.251 e. The number of aromatic nitrogens is 3. The second kappa shape index (κ2) is 11.6. The highest BCUT2D eigenvalue weighted by Gasteiger charge is 2.34. The van der Waals surface area contributed by atoms with Gasteiger partial charge in [-0.05, 0) is 68.9 Å². The molecule has 0 saturated carbocycles. The number of hydrogen-bond donors (Lipinski definition) is 1. The smallest absolute Gasteiger partial charge is 0.251 e. The van der Waals surface area contributed by atoms with Crippen LogP contribution in [0.5, 0.6) is 0 Å². The normalized spacial score (nSPS) is 22.1. The molecule has 1 fully saturated rings. The zero-order valence-corrected chi connectivity index (χ0v) is 25.0. The number of rotatable bonds is 5. The van der Waals surface area contributed by atoms with Gasteiger partial charge in [0.1, 0.15) is 5.82 Å². The molecule has 2 aliphatic rings. The number of nitrogens with zero attached hydrogens (tertiary/aromatic N) is 5. The topological polar surface area (TPSA) is 118 Å². The maximum absolute atomic E-state index is 14.5. The lowest BCUT2D eigenvalue weighted by atomic mass is 10.1. The van der Waals surface area contributed by atoms with E-state index in [0.717, 1.165) is 30.0 Å². The van der Waals surface area contributed by atoms with Gasteiger partial charge in [0, 0.05) is 43.3 Å². The van der Waals surface area contributed by atoms with Gasteiger partial charge in [-0.15, -0.1) is 0 Å². The molecule has 0 aliphatic carbocycles. The number of amides is 1. The number of benzene rings is 1. The summed E-state index contributed by atoms with van der Waals surface area (Å²) in [7, 11) is -2.54. The average Bonchev–Trinajstić information content (AvgIpc) is 3.07. The lowest BCUT2D eigenvalue weighted by Crippen LogP contribution is -2.45. The highest BCUT2D eigenvalue weighted by atomic mass is 32.2. The summed E-state index contributed by atoms with van der Waals surface area (Å²) in [6, 6.07) is 15.9. The Balaban J connectivity index is 1.19. The molecule has 4 aromatic rings. The molecule has 5 heterocycles. The predicted molar refractivity (Wildman–Crippen MR) is 161 cm³/mol. The average molecular weight is 605 g/mol. The van der Waals surface area contributed by atoms with E-state index in [1.54, 1.807) is 36.3 Å². The number of fused-ring (bicyclic) bond motifs is 2. The van der Waals surface area contributed by atoms with Gasteiger partial charge < -0.3 is 15.0 Å². The number of sulfone groups is 1. The minimum atomic E-state index is -4.20. The number of anilines is 1. The van der Waals surface area contributed by atoms with Crippen molar-refractivity contribution in [3.8, 4) is 11.4 Å². The van der Waals surface area contributed by atoms with Crippen LogP contribution in [0.3, 0.4) is 0 Å². The van der Waals surface area contributed by atoms with E-state index in [0.29, 0.717) is 22.5 Å². The van der Waals surface area contributed by atoms with Crippen LogP contribution in [0.25, 0.3) is 22.3 Å². The van der Waals surface area contributed by atoms with Crippen molar-refractivity contribution in [2.45, 2.75) is 49.5 Å². The lowest BCUT2D eigenvalue weighted by molar-refractivity contribution is -0.00545. The Bertz CT molecular complexity index is 1790. The number of halogens is 1. The summed E-state index contributed by atoms with van der Waals surface area (Å²) in [5, 5.41) is 3.63. The number of morpholine rings is 1. The van der Waals surface area contributed by atoms with Gasteiger partial charge in [0.05, 0.1) is 46.2 Å². The van der Waals surface area contributed by atoms with Crippen LogP contribution in [0.15, 0.2) is 65.7 Å². The SMILES string of the molecule is C[C@@H]1CN(c2cccc(-c3ccc4cnc(CNC(=O)c5ccc6c(c5)S(=O)(=O)[C@H](F)CN(C)C6)cc4n3)n2)C[C@H](C)O1. The minimum Gasteiger partial charge on any atom is -0.372 e. The second-order valence-corrected chi connectivity index (χ2v) is 13.3. The Morgan fingerprint density at radius 1 is 1.02 bits per heavy atom. The van der Waals surface area contributed by atoms with Gasteiger partial charge in [-0.1, -0.05) is 12.1 Å². The number of alkyl halides is 1. The molecule has 0 radical (unpaired) electrons. The zero-order chi connectivity index (χ0) is 30.3. The lowest BCUT2D eigenvalue weighted by Gasteiger charge is -2.36. The van der Waals surface area contributed by atoms with Crippen molar-refractivity contribution in [2.75, 3.05) is 31.6 Å². The molecule has 12 heteroatoms. The molecular weight excluding hydrogens is 571 g/mol.